The third-order valence-corrected chi connectivity index (χ3v) is 6.12. The van der Waals surface area contributed by atoms with Gasteiger partial charge in [0.05, 0.1) is 29.9 Å². The molecule has 4 aromatic rings. The van der Waals surface area contributed by atoms with Crippen LogP contribution in [-0.4, -0.2) is 56.6 Å². The molecule has 2 saturated heterocycles. The van der Waals surface area contributed by atoms with E-state index in [0.717, 1.165) is 52.3 Å². The quantitative estimate of drug-likeness (QED) is 0.523. The molecule has 4 aromatic heterocycles. The molecule has 0 unspecified atom stereocenters. The molecule has 156 valence electrons. The molecule has 30 heavy (non-hydrogen) atoms. The maximum Gasteiger partial charge on any atom is 0.178 e. The van der Waals surface area contributed by atoms with Crippen molar-refractivity contribution in [2.75, 3.05) is 24.6 Å². The summed E-state index contributed by atoms with van der Waals surface area (Å²) in [7, 11) is 0. The second-order valence-electron chi connectivity index (χ2n) is 7.80. The summed E-state index contributed by atoms with van der Waals surface area (Å²) in [5, 5.41) is 16.2. The van der Waals surface area contributed by atoms with Crippen molar-refractivity contribution in [3.8, 4) is 16.9 Å². The van der Waals surface area contributed by atoms with Gasteiger partial charge in [-0.3, -0.25) is 5.10 Å². The summed E-state index contributed by atoms with van der Waals surface area (Å²) in [5.41, 5.74) is 3.86. The minimum absolute atomic E-state index is 0. The smallest absolute Gasteiger partial charge is 0.178 e. The van der Waals surface area contributed by atoms with Crippen LogP contribution in [0.15, 0.2) is 36.8 Å². The SMILES string of the molecule is CCOc1cc(-c2ccc(N3[C@@H]4CC[C@H]3CNC4)nc2)c2c3cn[nH]c3nn2c1.Cl. The molecule has 2 fully saturated rings. The molecule has 0 amide bonds. The number of nitrogens with zero attached hydrogens (tertiary/aromatic N) is 5. The number of fused-ring (bicyclic) bond motifs is 5. The number of piperazine rings is 1. The van der Waals surface area contributed by atoms with Crippen molar-refractivity contribution >= 4 is 34.8 Å². The third-order valence-electron chi connectivity index (χ3n) is 6.12. The molecule has 0 spiro atoms. The van der Waals surface area contributed by atoms with Crippen molar-refractivity contribution in [2.24, 2.45) is 0 Å². The number of anilines is 1. The van der Waals surface area contributed by atoms with Crippen LogP contribution in [0.3, 0.4) is 0 Å². The molecule has 6 rings (SSSR count). The molecule has 0 radical (unpaired) electrons. The zero-order valence-corrected chi connectivity index (χ0v) is 17.5. The monoisotopic (exact) mass is 425 g/mol. The van der Waals surface area contributed by atoms with Crippen molar-refractivity contribution in [1.29, 1.82) is 0 Å². The highest BCUT2D eigenvalue weighted by molar-refractivity contribution is 6.00. The minimum atomic E-state index is 0. The highest BCUT2D eigenvalue weighted by Crippen LogP contribution is 2.35. The zero-order chi connectivity index (χ0) is 19.4. The molecule has 2 aliphatic rings. The van der Waals surface area contributed by atoms with E-state index in [1.807, 2.05) is 30.0 Å². The van der Waals surface area contributed by atoms with Crippen molar-refractivity contribution in [2.45, 2.75) is 31.8 Å². The van der Waals surface area contributed by atoms with Crippen LogP contribution in [0.25, 0.3) is 27.7 Å². The summed E-state index contributed by atoms with van der Waals surface area (Å²) >= 11 is 0. The Morgan fingerprint density at radius 2 is 2.00 bits per heavy atom. The molecular formula is C21H24ClN7O. The molecule has 2 N–H and O–H groups in total. The standard InChI is InChI=1S/C21H23N7O.ClH/c1-2-29-16-7-17(20-18-11-24-25-21(18)26-27(20)12-16)13-3-6-19(23-8-13)28-14-4-5-15(28)10-22-9-14;/h3,6-8,11-12,14-15,22H,2,4-5,9-10H2,1H3,(H,25,26);1H/t14-,15+;. The van der Waals surface area contributed by atoms with Crippen LogP contribution >= 0.6 is 12.4 Å². The molecule has 9 heteroatoms. The van der Waals surface area contributed by atoms with Gasteiger partial charge < -0.3 is 15.0 Å². The van der Waals surface area contributed by atoms with Gasteiger partial charge in [0.2, 0.25) is 0 Å². The Bertz CT molecular complexity index is 1170. The van der Waals surface area contributed by atoms with E-state index in [1.165, 1.54) is 12.8 Å². The van der Waals surface area contributed by atoms with Gasteiger partial charge in [-0.2, -0.15) is 5.10 Å². The Labute approximate surface area is 180 Å². The Morgan fingerprint density at radius 1 is 1.17 bits per heavy atom. The normalized spacial score (nSPS) is 20.6. The Balaban J connectivity index is 0.00000193. The summed E-state index contributed by atoms with van der Waals surface area (Å²) in [6.07, 6.45) is 8.19. The lowest BCUT2D eigenvalue weighted by Gasteiger charge is -2.36. The van der Waals surface area contributed by atoms with Crippen LogP contribution in [0.2, 0.25) is 0 Å². The number of ether oxygens (including phenoxy) is 1. The number of nitrogens with one attached hydrogen (secondary N) is 2. The lowest BCUT2D eigenvalue weighted by Crippen LogP contribution is -2.52. The fourth-order valence-electron chi connectivity index (χ4n) is 4.86. The van der Waals surface area contributed by atoms with E-state index in [0.29, 0.717) is 18.7 Å². The molecule has 2 bridgehead atoms. The molecular weight excluding hydrogens is 402 g/mol. The van der Waals surface area contributed by atoms with Crippen molar-refractivity contribution in [3.63, 3.8) is 0 Å². The summed E-state index contributed by atoms with van der Waals surface area (Å²) < 4.78 is 7.65. The van der Waals surface area contributed by atoms with E-state index in [2.05, 4.69) is 43.7 Å². The van der Waals surface area contributed by atoms with Crippen LogP contribution in [0, 0.1) is 0 Å². The second-order valence-corrected chi connectivity index (χ2v) is 7.80. The van der Waals surface area contributed by atoms with E-state index >= 15 is 0 Å². The first kappa shape index (κ1) is 19.1. The third kappa shape index (κ3) is 2.90. The Hall–Kier alpha value is -2.84. The average Bonchev–Trinajstić information content (AvgIpc) is 3.39. The van der Waals surface area contributed by atoms with Gasteiger partial charge >= 0.3 is 0 Å². The van der Waals surface area contributed by atoms with E-state index in [-0.39, 0.29) is 12.4 Å². The number of aromatic nitrogens is 5. The Kier molecular flexibility index (Phi) is 4.75. The zero-order valence-electron chi connectivity index (χ0n) is 16.7. The number of rotatable bonds is 4. The van der Waals surface area contributed by atoms with E-state index in [1.54, 1.807) is 0 Å². The summed E-state index contributed by atoms with van der Waals surface area (Å²) in [5.74, 6) is 1.86. The van der Waals surface area contributed by atoms with Gasteiger partial charge in [0, 0.05) is 42.5 Å². The summed E-state index contributed by atoms with van der Waals surface area (Å²) in [6, 6.07) is 7.49. The second kappa shape index (κ2) is 7.45. The fraction of sp³-hybridized carbons (Fsp3) is 0.381. The number of hydrogen-bond acceptors (Lipinski definition) is 6. The number of pyridine rings is 2. The van der Waals surface area contributed by atoms with Gasteiger partial charge in [-0.1, -0.05) is 0 Å². The molecule has 8 nitrogen and oxygen atoms in total. The maximum absolute atomic E-state index is 5.78. The first-order chi connectivity index (χ1) is 14.3. The van der Waals surface area contributed by atoms with Crippen molar-refractivity contribution in [3.05, 3.63) is 36.8 Å². The summed E-state index contributed by atoms with van der Waals surface area (Å²) in [6.45, 7) is 4.68. The number of hydrogen-bond donors (Lipinski definition) is 2. The predicted molar refractivity (Wildman–Crippen MR) is 119 cm³/mol. The summed E-state index contributed by atoms with van der Waals surface area (Å²) in [4.78, 5) is 7.36. The van der Waals surface area contributed by atoms with Crippen LogP contribution in [0.5, 0.6) is 5.75 Å². The highest BCUT2D eigenvalue weighted by Gasteiger charge is 2.37. The van der Waals surface area contributed by atoms with Gasteiger partial charge in [-0.15, -0.1) is 17.5 Å². The van der Waals surface area contributed by atoms with Crippen LogP contribution in [0.4, 0.5) is 5.82 Å². The van der Waals surface area contributed by atoms with Crippen molar-refractivity contribution in [1.82, 2.24) is 30.1 Å². The van der Waals surface area contributed by atoms with Crippen molar-refractivity contribution < 1.29 is 4.74 Å². The van der Waals surface area contributed by atoms with Gasteiger partial charge in [-0.25, -0.2) is 9.50 Å². The molecule has 0 aromatic carbocycles. The molecule has 0 aliphatic carbocycles. The maximum atomic E-state index is 5.78. The van der Waals surface area contributed by atoms with E-state index < -0.39 is 0 Å². The van der Waals surface area contributed by atoms with Gasteiger partial charge in [-0.05, 0) is 38.0 Å². The number of halogens is 1. The van der Waals surface area contributed by atoms with Gasteiger partial charge in [0.25, 0.3) is 0 Å². The first-order valence-electron chi connectivity index (χ1n) is 10.3. The van der Waals surface area contributed by atoms with E-state index in [9.17, 15) is 0 Å². The Morgan fingerprint density at radius 3 is 2.73 bits per heavy atom. The topological polar surface area (TPSA) is 83.4 Å². The minimum Gasteiger partial charge on any atom is -0.492 e. The molecule has 6 heterocycles. The average molecular weight is 426 g/mol. The fourth-order valence-corrected chi connectivity index (χ4v) is 4.86. The number of aromatic amines is 1. The number of H-pyrrole nitrogens is 1. The molecule has 2 aliphatic heterocycles. The first-order valence-corrected chi connectivity index (χ1v) is 10.3. The lowest BCUT2D eigenvalue weighted by atomic mass is 10.1. The van der Waals surface area contributed by atoms with Gasteiger partial charge in [0.15, 0.2) is 5.65 Å². The van der Waals surface area contributed by atoms with Crippen LogP contribution < -0.4 is 15.0 Å². The lowest BCUT2D eigenvalue weighted by molar-refractivity contribution is 0.338. The van der Waals surface area contributed by atoms with Crippen LogP contribution in [-0.2, 0) is 0 Å². The highest BCUT2D eigenvalue weighted by atomic mass is 35.5. The largest absolute Gasteiger partial charge is 0.492 e. The van der Waals surface area contributed by atoms with Gasteiger partial charge in [0.1, 0.15) is 11.6 Å². The molecule has 2 atom stereocenters. The van der Waals surface area contributed by atoms with Crippen LogP contribution in [0.1, 0.15) is 19.8 Å². The predicted octanol–water partition coefficient (Wildman–Crippen LogP) is 3.03. The molecule has 0 saturated carbocycles. The van der Waals surface area contributed by atoms with E-state index in [4.69, 9.17) is 9.72 Å².